The van der Waals surface area contributed by atoms with Gasteiger partial charge in [-0.1, -0.05) is 6.07 Å². The van der Waals surface area contributed by atoms with E-state index in [1.807, 2.05) is 0 Å². The average Bonchev–Trinajstić information content (AvgIpc) is 2.31. The van der Waals surface area contributed by atoms with Crippen molar-refractivity contribution < 1.29 is 4.39 Å². The van der Waals surface area contributed by atoms with Crippen molar-refractivity contribution in [2.45, 2.75) is 0 Å². The van der Waals surface area contributed by atoms with Gasteiger partial charge in [0.1, 0.15) is 5.82 Å². The Morgan fingerprint density at radius 2 is 2.00 bits per heavy atom. The van der Waals surface area contributed by atoms with Crippen LogP contribution >= 0.6 is 0 Å². The van der Waals surface area contributed by atoms with Gasteiger partial charge in [0.05, 0.1) is 11.8 Å². The first-order valence-electron chi connectivity index (χ1n) is 4.61. The number of nitrogens with zero attached hydrogens (tertiary/aromatic N) is 3. The Bertz CT molecular complexity index is 511. The van der Waals surface area contributed by atoms with Gasteiger partial charge in [0.15, 0.2) is 5.82 Å². The van der Waals surface area contributed by atoms with Gasteiger partial charge in [-0.15, -0.1) is 0 Å². The third kappa shape index (κ3) is 2.03. The van der Waals surface area contributed by atoms with Crippen LogP contribution in [0, 0.1) is 5.82 Å². The number of hydrogen-bond acceptors (Lipinski definition) is 4. The molecule has 0 radical (unpaired) electrons. The van der Waals surface area contributed by atoms with E-state index in [0.29, 0.717) is 17.0 Å². The first kappa shape index (κ1) is 10.2. The van der Waals surface area contributed by atoms with E-state index in [0.717, 1.165) is 0 Å². The second-order valence-corrected chi connectivity index (χ2v) is 3.09. The van der Waals surface area contributed by atoms with Crippen molar-refractivity contribution in [3.05, 3.63) is 48.0 Å². The van der Waals surface area contributed by atoms with E-state index in [2.05, 4.69) is 15.1 Å². The van der Waals surface area contributed by atoms with Crippen molar-refractivity contribution in [2.24, 2.45) is 10.9 Å². The number of hydrogen-bond donors (Lipinski definition) is 1. The zero-order chi connectivity index (χ0) is 11.4. The Hall–Kier alpha value is -2.30. The molecule has 1 aromatic heterocycles. The van der Waals surface area contributed by atoms with Crippen molar-refractivity contribution >= 4 is 6.21 Å². The summed E-state index contributed by atoms with van der Waals surface area (Å²) in [5.41, 5.74) is 0.953. The van der Waals surface area contributed by atoms with Gasteiger partial charge in [0, 0.05) is 12.4 Å². The van der Waals surface area contributed by atoms with E-state index >= 15 is 0 Å². The van der Waals surface area contributed by atoms with Crippen LogP contribution in [0.2, 0.25) is 0 Å². The van der Waals surface area contributed by atoms with Gasteiger partial charge in [0.2, 0.25) is 0 Å². The highest BCUT2D eigenvalue weighted by Gasteiger charge is 2.07. The van der Waals surface area contributed by atoms with Gasteiger partial charge in [-0.3, -0.25) is 0 Å². The fourth-order valence-corrected chi connectivity index (χ4v) is 1.32. The Balaban J connectivity index is 2.44. The number of halogens is 1. The topological polar surface area (TPSA) is 64.2 Å². The Morgan fingerprint density at radius 3 is 2.62 bits per heavy atom. The molecule has 0 atom stereocenters. The fourth-order valence-electron chi connectivity index (χ4n) is 1.32. The molecule has 0 aliphatic rings. The second-order valence-electron chi connectivity index (χ2n) is 3.09. The molecule has 16 heavy (non-hydrogen) atoms. The molecule has 0 aliphatic carbocycles. The van der Waals surface area contributed by atoms with Crippen LogP contribution in [0.3, 0.4) is 0 Å². The maximum atomic E-state index is 13.7. The first-order valence-corrected chi connectivity index (χ1v) is 4.61. The van der Waals surface area contributed by atoms with Gasteiger partial charge in [0.25, 0.3) is 0 Å². The summed E-state index contributed by atoms with van der Waals surface area (Å²) in [4.78, 5) is 7.95. The van der Waals surface area contributed by atoms with Crippen molar-refractivity contribution in [1.29, 1.82) is 0 Å². The average molecular weight is 216 g/mol. The summed E-state index contributed by atoms with van der Waals surface area (Å²) in [5.74, 6) is 4.94. The summed E-state index contributed by atoms with van der Waals surface area (Å²) in [6.45, 7) is 0. The monoisotopic (exact) mass is 216 g/mol. The predicted octanol–water partition coefficient (Wildman–Crippen LogP) is 1.58. The molecule has 4 nitrogen and oxygen atoms in total. The van der Waals surface area contributed by atoms with E-state index in [9.17, 15) is 4.39 Å². The Labute approximate surface area is 91.7 Å². The van der Waals surface area contributed by atoms with Crippen LogP contribution < -0.4 is 5.84 Å². The summed E-state index contributed by atoms with van der Waals surface area (Å²) < 4.78 is 13.7. The molecule has 80 valence electrons. The van der Waals surface area contributed by atoms with Crippen LogP contribution in [0.4, 0.5) is 4.39 Å². The fraction of sp³-hybridized carbons (Fsp3) is 0. The number of rotatable bonds is 2. The molecular formula is C11H9FN4. The van der Waals surface area contributed by atoms with E-state index < -0.39 is 5.82 Å². The molecular weight excluding hydrogens is 207 g/mol. The molecule has 2 rings (SSSR count). The lowest BCUT2D eigenvalue weighted by atomic mass is 10.1. The minimum absolute atomic E-state index is 0.356. The highest BCUT2D eigenvalue weighted by Crippen LogP contribution is 2.18. The molecule has 5 heteroatoms. The van der Waals surface area contributed by atoms with Gasteiger partial charge < -0.3 is 5.84 Å². The quantitative estimate of drug-likeness (QED) is 0.471. The van der Waals surface area contributed by atoms with Gasteiger partial charge in [-0.2, -0.15) is 5.10 Å². The van der Waals surface area contributed by atoms with Crippen LogP contribution in [0.1, 0.15) is 5.56 Å². The van der Waals surface area contributed by atoms with Crippen LogP contribution in [0.5, 0.6) is 0 Å². The molecule has 2 aromatic rings. The number of nitrogens with two attached hydrogens (primary N) is 1. The van der Waals surface area contributed by atoms with Crippen molar-refractivity contribution in [3.8, 4) is 11.4 Å². The van der Waals surface area contributed by atoms with Crippen LogP contribution in [0.15, 0.2) is 41.8 Å². The lowest BCUT2D eigenvalue weighted by Crippen LogP contribution is -1.93. The lowest BCUT2D eigenvalue weighted by Gasteiger charge is -2.01. The molecule has 0 fully saturated rings. The highest BCUT2D eigenvalue weighted by atomic mass is 19.1. The molecule has 0 saturated heterocycles. The maximum Gasteiger partial charge on any atom is 0.162 e. The van der Waals surface area contributed by atoms with E-state index in [1.54, 1.807) is 30.6 Å². The maximum absolute atomic E-state index is 13.7. The van der Waals surface area contributed by atoms with Crippen LogP contribution in [-0.2, 0) is 0 Å². The molecule has 0 saturated carbocycles. The Morgan fingerprint density at radius 1 is 1.25 bits per heavy atom. The summed E-state index contributed by atoms with van der Waals surface area (Å²) in [5, 5.41) is 3.33. The molecule has 0 amide bonds. The second kappa shape index (κ2) is 4.48. The third-order valence-corrected chi connectivity index (χ3v) is 2.02. The lowest BCUT2D eigenvalue weighted by molar-refractivity contribution is 0.629. The summed E-state index contributed by atoms with van der Waals surface area (Å²) >= 11 is 0. The summed E-state index contributed by atoms with van der Waals surface area (Å²) in [6.07, 6.45) is 4.51. The molecule has 1 heterocycles. The number of benzene rings is 1. The van der Waals surface area contributed by atoms with Crippen molar-refractivity contribution in [1.82, 2.24) is 9.97 Å². The van der Waals surface area contributed by atoms with Gasteiger partial charge in [-0.25, -0.2) is 14.4 Å². The van der Waals surface area contributed by atoms with E-state index in [-0.39, 0.29) is 0 Å². The third-order valence-electron chi connectivity index (χ3n) is 2.02. The van der Waals surface area contributed by atoms with Crippen molar-refractivity contribution in [3.63, 3.8) is 0 Å². The van der Waals surface area contributed by atoms with Gasteiger partial charge >= 0.3 is 0 Å². The first-order chi connectivity index (χ1) is 7.81. The molecule has 0 bridgehead atoms. The zero-order valence-corrected chi connectivity index (χ0v) is 8.34. The summed E-state index contributed by atoms with van der Waals surface area (Å²) in [7, 11) is 0. The number of aromatic nitrogens is 2. The van der Waals surface area contributed by atoms with Crippen molar-refractivity contribution in [2.75, 3.05) is 0 Å². The highest BCUT2D eigenvalue weighted by molar-refractivity contribution is 5.80. The SMILES string of the molecule is NN=Cc1ccc(-c2ncccn2)c(F)c1. The van der Waals surface area contributed by atoms with Crippen LogP contribution in [0.25, 0.3) is 11.4 Å². The van der Waals surface area contributed by atoms with Crippen LogP contribution in [-0.4, -0.2) is 16.2 Å². The minimum Gasteiger partial charge on any atom is -0.323 e. The number of hydrazone groups is 1. The molecule has 0 spiro atoms. The largest absolute Gasteiger partial charge is 0.323 e. The normalized spacial score (nSPS) is 10.8. The standard InChI is InChI=1S/C11H9FN4/c12-10-6-8(7-16-13)2-3-9(10)11-14-4-1-5-15-11/h1-7H,13H2. The Kier molecular flexibility index (Phi) is 2.86. The van der Waals surface area contributed by atoms with E-state index in [4.69, 9.17) is 5.84 Å². The summed E-state index contributed by atoms with van der Waals surface area (Å²) in [6, 6.07) is 6.31. The zero-order valence-electron chi connectivity index (χ0n) is 8.34. The molecule has 2 N–H and O–H groups in total. The van der Waals surface area contributed by atoms with E-state index in [1.165, 1.54) is 12.3 Å². The molecule has 0 aliphatic heterocycles. The van der Waals surface area contributed by atoms with Gasteiger partial charge in [-0.05, 0) is 23.8 Å². The predicted molar refractivity (Wildman–Crippen MR) is 59.2 cm³/mol. The minimum atomic E-state index is -0.399. The molecule has 0 unspecified atom stereocenters. The molecule has 1 aromatic carbocycles. The smallest absolute Gasteiger partial charge is 0.162 e.